The summed E-state index contributed by atoms with van der Waals surface area (Å²) < 4.78 is 0. The van der Waals surface area contributed by atoms with Crippen LogP contribution in [0.25, 0.3) is 0 Å². The Kier molecular flexibility index (Phi) is 5.39. The van der Waals surface area contributed by atoms with Gasteiger partial charge < -0.3 is 5.11 Å². The molecule has 17 heavy (non-hydrogen) atoms. The summed E-state index contributed by atoms with van der Waals surface area (Å²) >= 11 is 2.80. The molecule has 0 fully saturated rings. The predicted molar refractivity (Wildman–Crippen MR) is 70.5 cm³/mol. The van der Waals surface area contributed by atoms with E-state index < -0.39 is 11.2 Å². The number of carbonyl (C=O) groups is 1. The molecule has 1 aromatic carbocycles. The lowest BCUT2D eigenvalue weighted by molar-refractivity contribution is -0.136. The van der Waals surface area contributed by atoms with Gasteiger partial charge in [-0.15, -0.1) is 23.5 Å². The van der Waals surface area contributed by atoms with Crippen LogP contribution in [0, 0.1) is 11.3 Å². The van der Waals surface area contributed by atoms with E-state index in [9.17, 15) is 4.79 Å². The molecule has 1 aromatic rings. The Labute approximate surface area is 109 Å². The van der Waals surface area contributed by atoms with Gasteiger partial charge in [-0.25, -0.2) is 0 Å². The summed E-state index contributed by atoms with van der Waals surface area (Å²) in [6.45, 7) is 3.64. The maximum absolute atomic E-state index is 10.8. The Bertz CT molecular complexity index is 454. The van der Waals surface area contributed by atoms with Crippen LogP contribution in [-0.2, 0) is 4.79 Å². The molecule has 0 aliphatic heterocycles. The number of carboxylic acid groups (broad SMARTS) is 1. The quantitative estimate of drug-likeness (QED) is 0.830. The fourth-order valence-corrected chi connectivity index (χ4v) is 3.00. The number of benzene rings is 1. The highest BCUT2D eigenvalue weighted by molar-refractivity contribution is 8.01. The second-order valence-corrected chi connectivity index (χ2v) is 5.96. The van der Waals surface area contributed by atoms with E-state index in [4.69, 9.17) is 10.4 Å². The van der Waals surface area contributed by atoms with Gasteiger partial charge in [-0.3, -0.25) is 4.79 Å². The second kappa shape index (κ2) is 6.58. The molecule has 0 bridgehead atoms. The molecule has 90 valence electrons. The summed E-state index contributed by atoms with van der Waals surface area (Å²) in [5.41, 5.74) is 0.581. The monoisotopic (exact) mass is 267 g/mol. The summed E-state index contributed by atoms with van der Waals surface area (Å²) in [7, 11) is 0. The zero-order chi connectivity index (χ0) is 12.8. The van der Waals surface area contributed by atoms with E-state index in [1.165, 1.54) is 11.8 Å². The first-order chi connectivity index (χ1) is 8.10. The molecule has 0 heterocycles. The van der Waals surface area contributed by atoms with Gasteiger partial charge in [-0.2, -0.15) is 5.26 Å². The minimum Gasteiger partial charge on any atom is -0.480 e. The average molecular weight is 267 g/mol. The van der Waals surface area contributed by atoms with Gasteiger partial charge in [-0.1, -0.05) is 13.0 Å². The average Bonchev–Trinajstić information content (AvgIpc) is 2.29. The van der Waals surface area contributed by atoms with Crippen molar-refractivity contribution in [2.24, 2.45) is 0 Å². The van der Waals surface area contributed by atoms with Gasteiger partial charge in [0.2, 0.25) is 0 Å². The summed E-state index contributed by atoms with van der Waals surface area (Å²) in [5.74, 6) is 0.0181. The highest BCUT2D eigenvalue weighted by atomic mass is 32.2. The molecule has 1 unspecified atom stereocenters. The Morgan fingerprint density at radius 1 is 1.53 bits per heavy atom. The van der Waals surface area contributed by atoms with Crippen molar-refractivity contribution < 1.29 is 9.90 Å². The molecule has 0 spiro atoms. The molecule has 0 saturated heterocycles. The number of nitrogens with zero attached hydrogens (tertiary/aromatic N) is 1. The molecule has 1 atom stereocenters. The minimum absolute atomic E-state index is 0.552. The molecular formula is C12H13NO2S2. The molecule has 0 radical (unpaired) electrons. The Morgan fingerprint density at radius 2 is 2.18 bits per heavy atom. The normalized spacial score (nSPS) is 11.8. The SMILES string of the molecule is CCSc1cccc(SC(C)C(=O)O)c1C#N. The first-order valence-electron chi connectivity index (χ1n) is 5.15. The summed E-state index contributed by atoms with van der Waals surface area (Å²) in [4.78, 5) is 12.5. The number of rotatable bonds is 5. The third kappa shape index (κ3) is 3.69. The molecule has 0 aliphatic rings. The smallest absolute Gasteiger partial charge is 0.316 e. The lowest BCUT2D eigenvalue weighted by atomic mass is 10.2. The van der Waals surface area contributed by atoms with Crippen LogP contribution in [0.15, 0.2) is 28.0 Å². The van der Waals surface area contributed by atoms with Crippen LogP contribution in [0.5, 0.6) is 0 Å². The van der Waals surface area contributed by atoms with E-state index in [2.05, 4.69) is 6.07 Å². The van der Waals surface area contributed by atoms with Gasteiger partial charge in [0, 0.05) is 9.79 Å². The fraction of sp³-hybridized carbons (Fsp3) is 0.333. The zero-order valence-corrected chi connectivity index (χ0v) is 11.3. The second-order valence-electron chi connectivity index (χ2n) is 3.27. The molecule has 1 rings (SSSR count). The Morgan fingerprint density at radius 3 is 2.71 bits per heavy atom. The number of hydrogen-bond donors (Lipinski definition) is 1. The first kappa shape index (κ1) is 13.9. The van der Waals surface area contributed by atoms with Crippen LogP contribution < -0.4 is 0 Å². The van der Waals surface area contributed by atoms with E-state index in [0.717, 1.165) is 15.5 Å². The van der Waals surface area contributed by atoms with Crippen molar-refractivity contribution >= 4 is 29.5 Å². The highest BCUT2D eigenvalue weighted by Crippen LogP contribution is 2.32. The van der Waals surface area contributed by atoms with Crippen LogP contribution in [0.1, 0.15) is 19.4 Å². The van der Waals surface area contributed by atoms with Crippen LogP contribution >= 0.6 is 23.5 Å². The van der Waals surface area contributed by atoms with Crippen molar-refractivity contribution in [2.75, 3.05) is 5.75 Å². The van der Waals surface area contributed by atoms with Crippen LogP contribution in [0.2, 0.25) is 0 Å². The Balaban J connectivity index is 3.04. The topological polar surface area (TPSA) is 61.1 Å². The van der Waals surface area contributed by atoms with E-state index >= 15 is 0 Å². The summed E-state index contributed by atoms with van der Waals surface area (Å²) in [6, 6.07) is 7.70. The Hall–Kier alpha value is -1.12. The minimum atomic E-state index is -0.868. The molecule has 0 amide bonds. The molecule has 0 aliphatic carbocycles. The molecule has 5 heteroatoms. The van der Waals surface area contributed by atoms with E-state index in [1.807, 2.05) is 19.1 Å². The van der Waals surface area contributed by atoms with Crippen LogP contribution in [0.3, 0.4) is 0 Å². The third-order valence-corrected chi connectivity index (χ3v) is 4.14. The third-order valence-electron chi connectivity index (χ3n) is 2.05. The summed E-state index contributed by atoms with van der Waals surface area (Å²) in [5, 5.41) is 17.5. The lowest BCUT2D eigenvalue weighted by Gasteiger charge is -2.10. The van der Waals surface area contributed by atoms with E-state index in [1.54, 1.807) is 24.8 Å². The molecular weight excluding hydrogens is 254 g/mol. The zero-order valence-electron chi connectivity index (χ0n) is 9.64. The van der Waals surface area contributed by atoms with Crippen molar-refractivity contribution in [3.05, 3.63) is 23.8 Å². The van der Waals surface area contributed by atoms with Crippen molar-refractivity contribution in [3.63, 3.8) is 0 Å². The van der Waals surface area contributed by atoms with Crippen LogP contribution in [0.4, 0.5) is 0 Å². The van der Waals surface area contributed by atoms with Gasteiger partial charge in [0.05, 0.1) is 5.56 Å². The summed E-state index contributed by atoms with van der Waals surface area (Å²) in [6.07, 6.45) is 0. The van der Waals surface area contributed by atoms with Crippen molar-refractivity contribution in [1.82, 2.24) is 0 Å². The number of aliphatic carboxylic acids is 1. The molecule has 1 N–H and O–H groups in total. The number of thioether (sulfide) groups is 2. The van der Waals surface area contributed by atoms with Gasteiger partial charge in [-0.05, 0) is 24.8 Å². The lowest BCUT2D eigenvalue weighted by Crippen LogP contribution is -2.11. The van der Waals surface area contributed by atoms with Gasteiger partial charge in [0.15, 0.2) is 0 Å². The van der Waals surface area contributed by atoms with Crippen LogP contribution in [-0.4, -0.2) is 22.1 Å². The van der Waals surface area contributed by atoms with Gasteiger partial charge in [0.25, 0.3) is 0 Å². The number of carboxylic acids is 1. The van der Waals surface area contributed by atoms with Crippen molar-refractivity contribution in [2.45, 2.75) is 28.9 Å². The number of hydrogen-bond acceptors (Lipinski definition) is 4. The van der Waals surface area contributed by atoms with Crippen molar-refractivity contribution in [3.8, 4) is 6.07 Å². The maximum Gasteiger partial charge on any atom is 0.316 e. The van der Waals surface area contributed by atoms with Gasteiger partial charge >= 0.3 is 5.97 Å². The fourth-order valence-electron chi connectivity index (χ4n) is 1.24. The van der Waals surface area contributed by atoms with E-state index in [-0.39, 0.29) is 0 Å². The predicted octanol–water partition coefficient (Wildman–Crippen LogP) is 3.24. The first-order valence-corrected chi connectivity index (χ1v) is 7.02. The molecule has 0 aromatic heterocycles. The molecule has 0 saturated carbocycles. The standard InChI is InChI=1S/C12H13NO2S2/c1-3-16-10-5-4-6-11(9(10)7-13)17-8(2)12(14)15/h4-6,8H,3H2,1-2H3,(H,14,15). The molecule has 3 nitrogen and oxygen atoms in total. The highest BCUT2D eigenvalue weighted by Gasteiger charge is 2.16. The maximum atomic E-state index is 10.8. The van der Waals surface area contributed by atoms with Crippen molar-refractivity contribution in [1.29, 1.82) is 5.26 Å². The number of nitriles is 1. The largest absolute Gasteiger partial charge is 0.480 e. The van der Waals surface area contributed by atoms with Gasteiger partial charge in [0.1, 0.15) is 11.3 Å². The van der Waals surface area contributed by atoms with E-state index in [0.29, 0.717) is 5.56 Å².